The van der Waals surface area contributed by atoms with E-state index in [1.807, 2.05) is 10.8 Å². The molecule has 0 bridgehead atoms. The predicted molar refractivity (Wildman–Crippen MR) is 86.3 cm³/mol. The molecule has 1 aromatic carbocycles. The van der Waals surface area contributed by atoms with Gasteiger partial charge in [0.2, 0.25) is 5.91 Å². The van der Waals surface area contributed by atoms with Crippen LogP contribution < -0.4 is 5.32 Å². The van der Waals surface area contributed by atoms with Crippen LogP contribution in [0.15, 0.2) is 43.0 Å². The summed E-state index contributed by atoms with van der Waals surface area (Å²) < 4.78 is 16.0. The number of carbonyl (C=O) groups excluding carboxylic acids is 1. The van der Waals surface area contributed by atoms with Crippen molar-refractivity contribution in [3.63, 3.8) is 0 Å². The zero-order valence-corrected chi connectivity index (χ0v) is 13.5. The Hall–Kier alpha value is -2.17. The molecule has 1 saturated carbocycles. The first-order valence-corrected chi connectivity index (χ1v) is 8.04. The number of halogens is 1. The summed E-state index contributed by atoms with van der Waals surface area (Å²) in [4.78, 5) is 16.9. The maximum Gasteiger partial charge on any atom is 0.231 e. The van der Waals surface area contributed by atoms with E-state index in [1.165, 1.54) is 6.07 Å². The number of nitrogens with zero attached hydrogens (tertiary/aromatic N) is 2. The van der Waals surface area contributed by atoms with Crippen molar-refractivity contribution in [1.29, 1.82) is 0 Å². The van der Waals surface area contributed by atoms with E-state index in [0.717, 1.165) is 0 Å². The summed E-state index contributed by atoms with van der Waals surface area (Å²) in [6, 6.07) is 6.58. The maximum absolute atomic E-state index is 14.1. The van der Waals surface area contributed by atoms with Crippen molar-refractivity contribution in [1.82, 2.24) is 14.9 Å². The highest BCUT2D eigenvalue weighted by Gasteiger charge is 2.53. The van der Waals surface area contributed by atoms with E-state index >= 15 is 0 Å². The lowest BCUT2D eigenvalue weighted by atomic mass is 9.93. The fourth-order valence-corrected chi connectivity index (χ4v) is 2.94. The molecule has 4 nitrogen and oxygen atoms in total. The fraction of sp³-hybridized carbons (Fsp3) is 0.444. The number of aromatic nitrogens is 2. The second-order valence-electron chi connectivity index (χ2n) is 6.65. The second kappa shape index (κ2) is 6.14. The molecule has 1 atom stereocenters. The summed E-state index contributed by atoms with van der Waals surface area (Å²) in [5.41, 5.74) is -0.171. The van der Waals surface area contributed by atoms with Crippen molar-refractivity contribution in [2.45, 2.75) is 44.7 Å². The summed E-state index contributed by atoms with van der Waals surface area (Å²) in [6.07, 6.45) is 6.75. The normalized spacial score (nSPS) is 17.0. The Bertz CT molecular complexity index is 677. The first kappa shape index (κ1) is 15.7. The van der Waals surface area contributed by atoms with Crippen molar-refractivity contribution in [2.24, 2.45) is 5.92 Å². The third-order valence-electron chi connectivity index (χ3n) is 4.66. The summed E-state index contributed by atoms with van der Waals surface area (Å²) in [5.74, 6) is -0.0879. The molecule has 3 rings (SSSR count). The molecule has 0 aliphatic heterocycles. The smallest absolute Gasteiger partial charge is 0.231 e. The molecule has 0 spiro atoms. The number of amides is 1. The topological polar surface area (TPSA) is 46.9 Å². The number of rotatable bonds is 6. The first-order chi connectivity index (χ1) is 11.0. The van der Waals surface area contributed by atoms with E-state index in [2.05, 4.69) is 24.1 Å². The van der Waals surface area contributed by atoms with Crippen molar-refractivity contribution < 1.29 is 9.18 Å². The second-order valence-corrected chi connectivity index (χ2v) is 6.65. The Balaban J connectivity index is 1.75. The molecule has 23 heavy (non-hydrogen) atoms. The van der Waals surface area contributed by atoms with Crippen LogP contribution in [0.2, 0.25) is 0 Å². The van der Waals surface area contributed by atoms with Crippen molar-refractivity contribution in [2.75, 3.05) is 0 Å². The van der Waals surface area contributed by atoms with Crippen LogP contribution in [0.5, 0.6) is 0 Å². The summed E-state index contributed by atoms with van der Waals surface area (Å²) in [6.45, 7) is 4.81. The Morgan fingerprint density at radius 3 is 2.70 bits per heavy atom. The Kier molecular flexibility index (Phi) is 4.20. The zero-order valence-electron chi connectivity index (χ0n) is 13.5. The molecule has 1 amide bonds. The van der Waals surface area contributed by atoms with Crippen LogP contribution in [-0.2, 0) is 16.8 Å². The van der Waals surface area contributed by atoms with Gasteiger partial charge >= 0.3 is 0 Å². The van der Waals surface area contributed by atoms with Gasteiger partial charge in [0.15, 0.2) is 0 Å². The molecular formula is C18H22FN3O. The van der Waals surface area contributed by atoms with Gasteiger partial charge in [-0.15, -0.1) is 0 Å². The quantitative estimate of drug-likeness (QED) is 0.891. The average Bonchev–Trinajstić information content (AvgIpc) is 3.17. The van der Waals surface area contributed by atoms with E-state index in [1.54, 1.807) is 30.7 Å². The highest BCUT2D eigenvalue weighted by atomic mass is 19.1. The van der Waals surface area contributed by atoms with Crippen LogP contribution in [-0.4, -0.2) is 21.5 Å². The summed E-state index contributed by atoms with van der Waals surface area (Å²) >= 11 is 0. The van der Waals surface area contributed by atoms with E-state index in [0.29, 0.717) is 24.9 Å². The van der Waals surface area contributed by atoms with E-state index in [9.17, 15) is 9.18 Å². The summed E-state index contributed by atoms with van der Waals surface area (Å²) in [5, 5.41) is 3.13. The molecule has 1 aliphatic rings. The molecule has 0 unspecified atom stereocenters. The van der Waals surface area contributed by atoms with Gasteiger partial charge in [-0.2, -0.15) is 0 Å². The molecular weight excluding hydrogens is 293 g/mol. The number of carbonyl (C=O) groups is 1. The molecule has 0 radical (unpaired) electrons. The lowest BCUT2D eigenvalue weighted by Gasteiger charge is -2.26. The highest BCUT2D eigenvalue weighted by molar-refractivity contribution is 5.91. The van der Waals surface area contributed by atoms with Gasteiger partial charge in [0.25, 0.3) is 0 Å². The van der Waals surface area contributed by atoms with Crippen molar-refractivity contribution in [3.8, 4) is 0 Å². The van der Waals surface area contributed by atoms with Crippen LogP contribution in [0.1, 0.15) is 32.3 Å². The third-order valence-corrected chi connectivity index (χ3v) is 4.66. The Morgan fingerprint density at radius 2 is 2.13 bits per heavy atom. The monoisotopic (exact) mass is 315 g/mol. The molecule has 122 valence electrons. The predicted octanol–water partition coefficient (Wildman–Crippen LogP) is 2.89. The van der Waals surface area contributed by atoms with E-state index in [-0.39, 0.29) is 23.7 Å². The number of benzene rings is 1. The fourth-order valence-electron chi connectivity index (χ4n) is 2.94. The van der Waals surface area contributed by atoms with Gasteiger partial charge in [-0.05, 0) is 24.8 Å². The molecule has 0 saturated heterocycles. The molecule has 1 fully saturated rings. The zero-order chi connectivity index (χ0) is 16.4. The standard InChI is InChI=1S/C18H22FN3O/c1-13(2)16(11-22-10-9-20-12-22)21-17(23)18(7-8-18)14-5-3-4-6-15(14)19/h3-6,9-10,12-13,16H,7-8,11H2,1-2H3,(H,21,23)/t16-/m0/s1. The third kappa shape index (κ3) is 3.14. The Morgan fingerprint density at radius 1 is 1.39 bits per heavy atom. The maximum atomic E-state index is 14.1. The van der Waals surface area contributed by atoms with Gasteiger partial charge in [-0.1, -0.05) is 32.0 Å². The minimum Gasteiger partial charge on any atom is -0.351 e. The van der Waals surface area contributed by atoms with Gasteiger partial charge in [0.1, 0.15) is 5.82 Å². The molecule has 1 heterocycles. The number of hydrogen-bond acceptors (Lipinski definition) is 2. The van der Waals surface area contributed by atoms with E-state index < -0.39 is 5.41 Å². The van der Waals surface area contributed by atoms with Crippen LogP contribution in [0, 0.1) is 11.7 Å². The molecule has 5 heteroatoms. The molecule has 2 aromatic rings. The number of nitrogens with one attached hydrogen (secondary N) is 1. The number of imidazole rings is 1. The minimum atomic E-state index is -0.687. The first-order valence-electron chi connectivity index (χ1n) is 8.04. The summed E-state index contributed by atoms with van der Waals surface area (Å²) in [7, 11) is 0. The van der Waals surface area contributed by atoms with Crippen LogP contribution in [0.4, 0.5) is 4.39 Å². The average molecular weight is 315 g/mol. The van der Waals surface area contributed by atoms with Gasteiger partial charge in [0.05, 0.1) is 11.7 Å². The van der Waals surface area contributed by atoms with E-state index in [4.69, 9.17) is 0 Å². The minimum absolute atomic E-state index is 0.0130. The van der Waals surface area contributed by atoms with Crippen LogP contribution in [0.3, 0.4) is 0 Å². The van der Waals surface area contributed by atoms with Gasteiger partial charge < -0.3 is 9.88 Å². The Labute approximate surface area is 135 Å². The molecule has 1 aromatic heterocycles. The SMILES string of the molecule is CC(C)[C@H](Cn1ccnc1)NC(=O)C1(c2ccccc2F)CC1. The van der Waals surface area contributed by atoms with Crippen molar-refractivity contribution in [3.05, 3.63) is 54.4 Å². The van der Waals surface area contributed by atoms with Gasteiger partial charge in [0, 0.05) is 30.5 Å². The van der Waals surface area contributed by atoms with Crippen LogP contribution in [0.25, 0.3) is 0 Å². The largest absolute Gasteiger partial charge is 0.351 e. The molecule has 1 aliphatic carbocycles. The lowest BCUT2D eigenvalue weighted by molar-refractivity contribution is -0.124. The van der Waals surface area contributed by atoms with Gasteiger partial charge in [-0.25, -0.2) is 9.37 Å². The lowest BCUT2D eigenvalue weighted by Crippen LogP contribution is -2.46. The highest BCUT2D eigenvalue weighted by Crippen LogP contribution is 2.49. The van der Waals surface area contributed by atoms with Crippen LogP contribution >= 0.6 is 0 Å². The molecule has 1 N–H and O–H groups in total. The van der Waals surface area contributed by atoms with Gasteiger partial charge in [-0.3, -0.25) is 4.79 Å². The van der Waals surface area contributed by atoms with Crippen molar-refractivity contribution >= 4 is 5.91 Å². The number of hydrogen-bond donors (Lipinski definition) is 1.